The van der Waals surface area contributed by atoms with Gasteiger partial charge in [-0.2, -0.15) is 0 Å². The second-order valence-corrected chi connectivity index (χ2v) is 9.04. The molecule has 1 aliphatic heterocycles. The molecular weight excluding hydrogens is 460 g/mol. The van der Waals surface area contributed by atoms with Crippen LogP contribution in [0.5, 0.6) is 11.5 Å². The molecule has 5 rings (SSSR count). The summed E-state index contributed by atoms with van der Waals surface area (Å²) in [6, 6.07) is 15.9. The molecule has 0 unspecified atom stereocenters. The van der Waals surface area contributed by atoms with Crippen molar-refractivity contribution in [2.75, 3.05) is 24.7 Å². The van der Waals surface area contributed by atoms with Crippen molar-refractivity contribution in [1.29, 1.82) is 0 Å². The summed E-state index contributed by atoms with van der Waals surface area (Å²) in [7, 11) is 0. The zero-order valence-electron chi connectivity index (χ0n) is 20.1. The number of anilines is 1. The van der Waals surface area contributed by atoms with Crippen LogP contribution in [0.15, 0.2) is 59.0 Å². The molecular formula is C28H28N2O6. The lowest BCUT2D eigenvalue weighted by Crippen LogP contribution is -2.38. The van der Waals surface area contributed by atoms with E-state index in [9.17, 15) is 14.4 Å². The number of nitrogens with one attached hydrogen (secondary N) is 1. The highest BCUT2D eigenvalue weighted by Crippen LogP contribution is 2.34. The van der Waals surface area contributed by atoms with Crippen molar-refractivity contribution < 1.29 is 28.3 Å². The van der Waals surface area contributed by atoms with Gasteiger partial charge in [-0.15, -0.1) is 0 Å². The SMILES string of the molecule is CCc1ccccc1OCC(=O)c1ccc2c(c1)N(Cc1ccc(C(=O)NCC3CC3)o1)C(=O)CO2. The average molecular weight is 489 g/mol. The van der Waals surface area contributed by atoms with Gasteiger partial charge >= 0.3 is 0 Å². The van der Waals surface area contributed by atoms with E-state index in [4.69, 9.17) is 13.9 Å². The molecule has 1 aliphatic carbocycles. The number of carbonyl (C=O) groups excluding carboxylic acids is 3. The van der Waals surface area contributed by atoms with Crippen molar-refractivity contribution in [1.82, 2.24) is 5.32 Å². The Labute approximate surface area is 209 Å². The first-order valence-electron chi connectivity index (χ1n) is 12.2. The Balaban J connectivity index is 1.29. The predicted octanol–water partition coefficient (Wildman–Crippen LogP) is 4.17. The van der Waals surface area contributed by atoms with E-state index >= 15 is 0 Å². The number of carbonyl (C=O) groups is 3. The number of ketones is 1. The summed E-state index contributed by atoms with van der Waals surface area (Å²) in [6.45, 7) is 2.55. The first-order chi connectivity index (χ1) is 17.5. The van der Waals surface area contributed by atoms with Crippen LogP contribution in [0.1, 0.15) is 52.0 Å². The number of nitrogens with zero attached hydrogens (tertiary/aromatic N) is 1. The molecule has 0 radical (unpaired) electrons. The first-order valence-corrected chi connectivity index (χ1v) is 12.2. The topological polar surface area (TPSA) is 98.1 Å². The highest BCUT2D eigenvalue weighted by atomic mass is 16.5. The van der Waals surface area contributed by atoms with E-state index in [0.29, 0.717) is 41.0 Å². The van der Waals surface area contributed by atoms with Gasteiger partial charge < -0.3 is 19.2 Å². The summed E-state index contributed by atoms with van der Waals surface area (Å²) in [5.74, 6) is 1.67. The van der Waals surface area contributed by atoms with Gasteiger partial charge in [-0.1, -0.05) is 25.1 Å². The van der Waals surface area contributed by atoms with E-state index in [2.05, 4.69) is 5.32 Å². The summed E-state index contributed by atoms with van der Waals surface area (Å²) in [5.41, 5.74) is 1.91. The van der Waals surface area contributed by atoms with Gasteiger partial charge in [0.2, 0.25) is 0 Å². The Morgan fingerprint density at radius 1 is 1.11 bits per heavy atom. The number of benzene rings is 2. The molecule has 0 atom stereocenters. The summed E-state index contributed by atoms with van der Waals surface area (Å²) >= 11 is 0. The van der Waals surface area contributed by atoms with E-state index in [1.807, 2.05) is 31.2 Å². The normalized spacial score (nSPS) is 14.7. The number of Topliss-reactive ketones (excluding diaryl/α,β-unsaturated/α-hetero) is 1. The Hall–Kier alpha value is -4.07. The molecule has 2 aliphatic rings. The van der Waals surface area contributed by atoms with E-state index < -0.39 is 0 Å². The maximum absolute atomic E-state index is 12.9. The van der Waals surface area contributed by atoms with E-state index in [1.165, 1.54) is 4.90 Å². The van der Waals surface area contributed by atoms with Crippen LogP contribution in [-0.2, 0) is 17.8 Å². The number of fused-ring (bicyclic) bond motifs is 1. The van der Waals surface area contributed by atoms with Crippen LogP contribution in [-0.4, -0.2) is 37.4 Å². The van der Waals surface area contributed by atoms with E-state index in [-0.39, 0.29) is 43.1 Å². The zero-order valence-corrected chi connectivity index (χ0v) is 20.1. The molecule has 1 aromatic heterocycles. The summed E-state index contributed by atoms with van der Waals surface area (Å²) in [4.78, 5) is 39.5. The van der Waals surface area contributed by atoms with Crippen molar-refractivity contribution in [2.45, 2.75) is 32.7 Å². The zero-order chi connectivity index (χ0) is 25.1. The van der Waals surface area contributed by atoms with E-state index in [0.717, 1.165) is 24.8 Å². The standard InChI is InChI=1S/C28H28N2O6/c1-2-19-5-3-4-6-24(19)34-16-23(31)20-9-11-25-22(13-20)30(27(32)17-35-25)15-21-10-12-26(36-21)28(33)29-14-18-7-8-18/h3-6,9-13,18H,2,7-8,14-17H2,1H3,(H,29,33). The average Bonchev–Trinajstić information content (AvgIpc) is 3.62. The van der Waals surface area contributed by atoms with E-state index in [1.54, 1.807) is 30.3 Å². The number of ether oxygens (including phenoxy) is 2. The number of hydrogen-bond donors (Lipinski definition) is 1. The molecule has 3 aromatic rings. The maximum atomic E-state index is 12.9. The smallest absolute Gasteiger partial charge is 0.287 e. The fourth-order valence-corrected chi connectivity index (χ4v) is 4.10. The van der Waals surface area contributed by atoms with Gasteiger partial charge in [-0.25, -0.2) is 0 Å². The molecule has 8 nitrogen and oxygen atoms in total. The van der Waals surface area contributed by atoms with Crippen LogP contribution in [0, 0.1) is 5.92 Å². The fourth-order valence-electron chi connectivity index (χ4n) is 4.10. The predicted molar refractivity (Wildman–Crippen MR) is 133 cm³/mol. The molecule has 0 bridgehead atoms. The van der Waals surface area contributed by atoms with Crippen LogP contribution in [0.3, 0.4) is 0 Å². The number of rotatable bonds is 10. The quantitative estimate of drug-likeness (QED) is 0.430. The van der Waals surface area contributed by atoms with Crippen molar-refractivity contribution in [2.24, 2.45) is 5.92 Å². The number of para-hydroxylation sites is 1. The Bertz CT molecular complexity index is 1290. The van der Waals surface area contributed by atoms with Gasteiger partial charge in [0.25, 0.3) is 11.8 Å². The number of amides is 2. The van der Waals surface area contributed by atoms with Gasteiger partial charge in [0.05, 0.1) is 12.2 Å². The fraction of sp³-hybridized carbons (Fsp3) is 0.321. The molecule has 8 heteroatoms. The van der Waals surface area contributed by atoms with Crippen LogP contribution >= 0.6 is 0 Å². The number of aryl methyl sites for hydroxylation is 1. The molecule has 0 saturated heterocycles. The van der Waals surface area contributed by atoms with Gasteiger partial charge in [-0.05, 0) is 67.1 Å². The number of hydrogen-bond acceptors (Lipinski definition) is 6. The summed E-state index contributed by atoms with van der Waals surface area (Å²) < 4.78 is 17.1. The minimum Gasteiger partial charge on any atom is -0.485 e. The van der Waals surface area contributed by atoms with Crippen molar-refractivity contribution >= 4 is 23.3 Å². The number of furan rings is 1. The van der Waals surface area contributed by atoms with Crippen molar-refractivity contribution in [3.05, 3.63) is 77.2 Å². The third kappa shape index (κ3) is 5.27. The molecule has 1 fully saturated rings. The third-order valence-electron chi connectivity index (χ3n) is 6.38. The molecule has 36 heavy (non-hydrogen) atoms. The largest absolute Gasteiger partial charge is 0.485 e. The third-order valence-corrected chi connectivity index (χ3v) is 6.38. The lowest BCUT2D eigenvalue weighted by atomic mass is 10.1. The Kier molecular flexibility index (Phi) is 6.75. The molecule has 1 N–H and O–H groups in total. The van der Waals surface area contributed by atoms with Gasteiger partial charge in [0, 0.05) is 12.1 Å². The van der Waals surface area contributed by atoms with Crippen LogP contribution in [0.25, 0.3) is 0 Å². The molecule has 2 aromatic carbocycles. The Morgan fingerprint density at radius 2 is 1.94 bits per heavy atom. The van der Waals surface area contributed by atoms with Crippen LogP contribution in [0.2, 0.25) is 0 Å². The lowest BCUT2D eigenvalue weighted by molar-refractivity contribution is -0.121. The first kappa shape index (κ1) is 23.7. The second-order valence-electron chi connectivity index (χ2n) is 9.04. The highest BCUT2D eigenvalue weighted by Gasteiger charge is 2.28. The van der Waals surface area contributed by atoms with Gasteiger partial charge in [0.15, 0.2) is 24.8 Å². The molecule has 0 spiro atoms. The lowest BCUT2D eigenvalue weighted by Gasteiger charge is -2.29. The summed E-state index contributed by atoms with van der Waals surface area (Å²) in [6.07, 6.45) is 3.09. The maximum Gasteiger partial charge on any atom is 0.287 e. The molecule has 2 amide bonds. The summed E-state index contributed by atoms with van der Waals surface area (Å²) in [5, 5.41) is 2.87. The van der Waals surface area contributed by atoms with Crippen LogP contribution < -0.4 is 19.7 Å². The molecule has 1 saturated carbocycles. The van der Waals surface area contributed by atoms with Gasteiger partial charge in [-0.3, -0.25) is 19.3 Å². The Morgan fingerprint density at radius 3 is 2.75 bits per heavy atom. The van der Waals surface area contributed by atoms with Gasteiger partial charge in [0.1, 0.15) is 17.3 Å². The molecule has 186 valence electrons. The minimum atomic E-state index is -0.267. The molecule has 2 heterocycles. The monoisotopic (exact) mass is 488 g/mol. The van der Waals surface area contributed by atoms with Crippen molar-refractivity contribution in [3.8, 4) is 11.5 Å². The highest BCUT2D eigenvalue weighted by molar-refractivity contribution is 6.02. The minimum absolute atomic E-state index is 0.114. The van der Waals surface area contributed by atoms with Crippen LogP contribution in [0.4, 0.5) is 5.69 Å². The van der Waals surface area contributed by atoms with Crippen molar-refractivity contribution in [3.63, 3.8) is 0 Å². The second kappa shape index (κ2) is 10.3.